The molecule has 1 spiro atoms. The molecule has 5 heterocycles. The van der Waals surface area contributed by atoms with Crippen LogP contribution in [0.25, 0.3) is 11.3 Å². The Balaban J connectivity index is 1.40. The molecule has 3 aromatic rings. The van der Waals surface area contributed by atoms with Crippen molar-refractivity contribution in [2.24, 2.45) is 0 Å². The number of hydrogen-bond acceptors (Lipinski definition) is 5. The highest BCUT2D eigenvalue weighted by molar-refractivity contribution is 5.58. The Kier molecular flexibility index (Phi) is 4.45. The molecule has 0 aliphatic carbocycles. The van der Waals surface area contributed by atoms with Crippen LogP contribution in [0.2, 0.25) is 0 Å². The molecule has 1 fully saturated rings. The number of pyridine rings is 2. The summed E-state index contributed by atoms with van der Waals surface area (Å²) in [5.41, 5.74) is 3.66. The number of piperidine rings is 1. The van der Waals surface area contributed by atoms with Crippen molar-refractivity contribution >= 4 is 0 Å². The quantitative estimate of drug-likeness (QED) is 0.706. The Bertz CT molecular complexity index is 928. The molecule has 6 nitrogen and oxygen atoms in total. The third-order valence-corrected chi connectivity index (χ3v) is 6.43. The summed E-state index contributed by atoms with van der Waals surface area (Å²) in [6.45, 7) is 5.17. The maximum Gasteiger partial charge on any atom is 0.129 e. The predicted octanol–water partition coefficient (Wildman–Crippen LogP) is 2.78. The Hall–Kier alpha value is -2.57. The molecule has 0 N–H and O–H groups in total. The number of likely N-dealkylation sites (tertiary alicyclic amines) is 1. The molecule has 28 heavy (non-hydrogen) atoms. The van der Waals surface area contributed by atoms with Crippen molar-refractivity contribution in [3.05, 3.63) is 66.6 Å². The molecule has 0 atom stereocenters. The maximum absolute atomic E-state index is 4.93. The molecule has 0 bridgehead atoms. The van der Waals surface area contributed by atoms with E-state index in [4.69, 9.17) is 4.98 Å². The summed E-state index contributed by atoms with van der Waals surface area (Å²) in [5.74, 6) is 1.22. The van der Waals surface area contributed by atoms with Gasteiger partial charge in [0.25, 0.3) is 0 Å². The number of aromatic nitrogens is 4. The first-order chi connectivity index (χ1) is 13.8. The van der Waals surface area contributed by atoms with Gasteiger partial charge in [0.1, 0.15) is 5.82 Å². The highest BCUT2D eigenvalue weighted by Crippen LogP contribution is 2.41. The topological polar surface area (TPSA) is 50.1 Å². The van der Waals surface area contributed by atoms with Gasteiger partial charge in [0, 0.05) is 63.1 Å². The summed E-state index contributed by atoms with van der Waals surface area (Å²) in [6.07, 6.45) is 11.8. The van der Waals surface area contributed by atoms with E-state index in [0.29, 0.717) is 0 Å². The van der Waals surface area contributed by atoms with Crippen LogP contribution in [0.5, 0.6) is 0 Å². The number of imidazole rings is 1. The molecule has 0 amide bonds. The fraction of sp³-hybridized carbons (Fsp3) is 0.409. The van der Waals surface area contributed by atoms with Crippen LogP contribution in [0.3, 0.4) is 0 Å². The summed E-state index contributed by atoms with van der Waals surface area (Å²) in [7, 11) is 2.26. The van der Waals surface area contributed by atoms with Crippen LogP contribution in [0.4, 0.5) is 0 Å². The van der Waals surface area contributed by atoms with E-state index in [1.807, 2.05) is 43.1 Å². The molecule has 0 unspecified atom stereocenters. The Morgan fingerprint density at radius 1 is 0.929 bits per heavy atom. The van der Waals surface area contributed by atoms with Crippen LogP contribution in [0, 0.1) is 0 Å². The van der Waals surface area contributed by atoms with Crippen molar-refractivity contribution in [1.82, 2.24) is 29.3 Å². The minimum absolute atomic E-state index is 0.0319. The molecule has 0 aromatic carbocycles. The molecule has 0 radical (unpaired) electrons. The van der Waals surface area contributed by atoms with E-state index >= 15 is 0 Å². The standard InChI is InChI=1S/C22H26N6/c1-26-12-13-28-20(19-5-3-9-24-15-19)16-25-21(28)22(26)6-10-27(11-7-22)17-18-4-2-8-23-14-18/h2-5,8-9,14-16H,6-7,10-13,17H2,1H3. The van der Waals surface area contributed by atoms with Crippen molar-refractivity contribution in [3.8, 4) is 11.3 Å². The van der Waals surface area contributed by atoms with Gasteiger partial charge in [0.05, 0.1) is 17.4 Å². The molecular weight excluding hydrogens is 348 g/mol. The third-order valence-electron chi connectivity index (χ3n) is 6.43. The van der Waals surface area contributed by atoms with E-state index in [-0.39, 0.29) is 5.54 Å². The first-order valence-electron chi connectivity index (χ1n) is 10.1. The van der Waals surface area contributed by atoms with Crippen LogP contribution in [-0.2, 0) is 18.6 Å². The van der Waals surface area contributed by atoms with Gasteiger partial charge in [-0.15, -0.1) is 0 Å². The number of rotatable bonds is 3. The highest BCUT2D eigenvalue weighted by Gasteiger charge is 2.45. The van der Waals surface area contributed by atoms with E-state index in [0.717, 1.165) is 51.1 Å². The third kappa shape index (κ3) is 2.93. The minimum Gasteiger partial charge on any atom is -0.325 e. The molecule has 0 saturated carbocycles. The largest absolute Gasteiger partial charge is 0.325 e. The summed E-state index contributed by atoms with van der Waals surface area (Å²) < 4.78 is 2.42. The van der Waals surface area contributed by atoms with Crippen LogP contribution in [0.15, 0.2) is 55.2 Å². The van der Waals surface area contributed by atoms with Gasteiger partial charge in [0.15, 0.2) is 0 Å². The zero-order chi connectivity index (χ0) is 19.0. The smallest absolute Gasteiger partial charge is 0.129 e. The average Bonchev–Trinajstić information content (AvgIpc) is 3.19. The van der Waals surface area contributed by atoms with E-state index in [1.165, 1.54) is 17.1 Å². The van der Waals surface area contributed by atoms with E-state index in [1.54, 1.807) is 0 Å². The second-order valence-corrected chi connectivity index (χ2v) is 7.95. The summed E-state index contributed by atoms with van der Waals surface area (Å²) in [5, 5.41) is 0. The highest BCUT2D eigenvalue weighted by atomic mass is 15.3. The lowest BCUT2D eigenvalue weighted by atomic mass is 9.83. The van der Waals surface area contributed by atoms with E-state index in [9.17, 15) is 0 Å². The van der Waals surface area contributed by atoms with Gasteiger partial charge >= 0.3 is 0 Å². The molecular formula is C22H26N6. The summed E-state index contributed by atoms with van der Waals surface area (Å²) in [4.78, 5) is 18.6. The van der Waals surface area contributed by atoms with Gasteiger partial charge in [-0.1, -0.05) is 6.07 Å². The normalized spacial score (nSPS) is 19.6. The Morgan fingerprint density at radius 2 is 1.71 bits per heavy atom. The van der Waals surface area contributed by atoms with Gasteiger partial charge < -0.3 is 4.57 Å². The van der Waals surface area contributed by atoms with Gasteiger partial charge in [-0.05, 0) is 43.7 Å². The lowest BCUT2D eigenvalue weighted by Gasteiger charge is -2.49. The van der Waals surface area contributed by atoms with Crippen molar-refractivity contribution in [3.63, 3.8) is 0 Å². The molecule has 6 heteroatoms. The predicted molar refractivity (Wildman–Crippen MR) is 109 cm³/mol. The van der Waals surface area contributed by atoms with E-state index < -0.39 is 0 Å². The zero-order valence-electron chi connectivity index (χ0n) is 16.3. The molecule has 2 aliphatic heterocycles. The lowest BCUT2D eigenvalue weighted by molar-refractivity contribution is 0.00698. The SMILES string of the molecule is CN1CCn2c(-c3cccnc3)cnc2C12CCN(Cc1cccnc1)CC2. The number of fused-ring (bicyclic) bond motifs is 2. The average molecular weight is 374 g/mol. The van der Waals surface area contributed by atoms with Gasteiger partial charge in [0.2, 0.25) is 0 Å². The molecule has 3 aromatic heterocycles. The van der Waals surface area contributed by atoms with Crippen molar-refractivity contribution in [2.45, 2.75) is 31.5 Å². The molecule has 5 rings (SSSR count). The van der Waals surface area contributed by atoms with Gasteiger partial charge in [-0.2, -0.15) is 0 Å². The first kappa shape index (κ1) is 17.5. The maximum atomic E-state index is 4.93. The fourth-order valence-electron chi connectivity index (χ4n) is 4.79. The van der Waals surface area contributed by atoms with Crippen molar-refractivity contribution < 1.29 is 0 Å². The van der Waals surface area contributed by atoms with Crippen molar-refractivity contribution in [1.29, 1.82) is 0 Å². The van der Waals surface area contributed by atoms with Gasteiger partial charge in [-0.3, -0.25) is 19.8 Å². The second kappa shape index (κ2) is 7.11. The van der Waals surface area contributed by atoms with Crippen LogP contribution < -0.4 is 0 Å². The first-order valence-corrected chi connectivity index (χ1v) is 10.1. The second-order valence-electron chi connectivity index (χ2n) is 7.95. The van der Waals surface area contributed by atoms with Gasteiger partial charge in [-0.25, -0.2) is 4.98 Å². The molecule has 144 valence electrons. The summed E-state index contributed by atoms with van der Waals surface area (Å²) in [6, 6.07) is 8.30. The summed E-state index contributed by atoms with van der Waals surface area (Å²) >= 11 is 0. The van der Waals surface area contributed by atoms with Crippen molar-refractivity contribution in [2.75, 3.05) is 26.7 Å². The number of hydrogen-bond donors (Lipinski definition) is 0. The number of likely N-dealkylation sites (N-methyl/N-ethyl adjacent to an activating group) is 1. The number of nitrogens with zero attached hydrogens (tertiary/aromatic N) is 6. The monoisotopic (exact) mass is 374 g/mol. The minimum atomic E-state index is 0.0319. The van der Waals surface area contributed by atoms with Crippen LogP contribution in [0.1, 0.15) is 24.2 Å². The molecule has 2 aliphatic rings. The van der Waals surface area contributed by atoms with E-state index in [2.05, 4.69) is 43.5 Å². The van der Waals surface area contributed by atoms with Crippen LogP contribution >= 0.6 is 0 Å². The zero-order valence-corrected chi connectivity index (χ0v) is 16.3. The Morgan fingerprint density at radius 3 is 2.43 bits per heavy atom. The molecule has 1 saturated heterocycles. The Labute approximate surface area is 165 Å². The fourth-order valence-corrected chi connectivity index (χ4v) is 4.79. The van der Waals surface area contributed by atoms with Crippen LogP contribution in [-0.4, -0.2) is 56.0 Å². The lowest BCUT2D eigenvalue weighted by Crippen LogP contribution is -2.56.